The number of aliphatic imine (C=N–C) groups is 1. The van der Waals surface area contributed by atoms with E-state index in [2.05, 4.69) is 60.9 Å². The monoisotopic (exact) mass is 576 g/mol. The van der Waals surface area contributed by atoms with Crippen LogP contribution in [0.15, 0.2) is 53.5 Å². The van der Waals surface area contributed by atoms with Gasteiger partial charge in [0.25, 0.3) is 0 Å². The number of aryl methyl sites for hydroxylation is 1. The van der Waals surface area contributed by atoms with Gasteiger partial charge in [-0.3, -0.25) is 4.79 Å². The van der Waals surface area contributed by atoms with Crippen molar-refractivity contribution in [1.82, 2.24) is 10.6 Å². The first-order chi connectivity index (χ1) is 16.1. The topological polar surface area (TPSA) is 66.0 Å². The lowest BCUT2D eigenvalue weighted by atomic mass is 9.89. The Balaban J connectivity index is 0.00000324. The predicted molar refractivity (Wildman–Crippen MR) is 149 cm³/mol. The molecule has 0 aliphatic carbocycles. The zero-order valence-corrected chi connectivity index (χ0v) is 22.6. The van der Waals surface area contributed by atoms with Crippen LogP contribution in [0.5, 0.6) is 0 Å². The molecule has 184 valence electrons. The second-order valence-corrected chi connectivity index (χ2v) is 9.00. The first-order valence-electron chi connectivity index (χ1n) is 12.2. The van der Waals surface area contributed by atoms with Crippen LogP contribution in [0.4, 0.5) is 5.69 Å². The zero-order chi connectivity index (χ0) is 23.0. The maximum absolute atomic E-state index is 12.0. The van der Waals surface area contributed by atoms with Crippen molar-refractivity contribution < 1.29 is 9.53 Å². The third-order valence-corrected chi connectivity index (χ3v) is 6.47. The van der Waals surface area contributed by atoms with Crippen LogP contribution >= 0.6 is 24.0 Å². The molecule has 2 unspecified atom stereocenters. The van der Waals surface area contributed by atoms with Gasteiger partial charge in [-0.05, 0) is 56.4 Å². The molecule has 2 heterocycles. The minimum absolute atomic E-state index is 0. The Hall–Kier alpha value is -2.13. The van der Waals surface area contributed by atoms with E-state index in [9.17, 15) is 4.79 Å². The Morgan fingerprint density at radius 3 is 2.53 bits per heavy atom. The second-order valence-electron chi connectivity index (χ2n) is 9.00. The Morgan fingerprint density at radius 2 is 1.85 bits per heavy atom. The van der Waals surface area contributed by atoms with Gasteiger partial charge in [0.2, 0.25) is 5.91 Å². The van der Waals surface area contributed by atoms with Crippen LogP contribution in [0.2, 0.25) is 0 Å². The number of halogens is 1. The number of amides is 1. The molecule has 0 aromatic heterocycles. The Morgan fingerprint density at radius 1 is 1.09 bits per heavy atom. The van der Waals surface area contributed by atoms with Crippen molar-refractivity contribution >= 4 is 41.5 Å². The maximum atomic E-state index is 12.0. The number of nitrogens with zero attached hydrogens (tertiary/aromatic N) is 2. The highest BCUT2D eigenvalue weighted by Crippen LogP contribution is 2.33. The lowest BCUT2D eigenvalue weighted by Gasteiger charge is -2.32. The number of ether oxygens (including phenoxy) is 1. The molecule has 7 heteroatoms. The number of nitrogens with one attached hydrogen (secondary N) is 2. The summed E-state index contributed by atoms with van der Waals surface area (Å²) in [5.74, 6) is 1.45. The number of hydrogen-bond acceptors (Lipinski definition) is 3. The van der Waals surface area contributed by atoms with Crippen molar-refractivity contribution in [2.75, 3.05) is 31.1 Å². The standard InChI is InChI=1S/C27H36N4O2.HI/c1-3-28-27(29-18-21-10-14-24(15-11-21)31-16-4-7-25(31)32)30-19-23-6-5-17-33-26(23)22-12-8-20(2)9-13-22;/h8-15,23,26H,3-7,16-19H2,1-2H3,(H2,28,29,30);1H. The average molecular weight is 577 g/mol. The first kappa shape index (κ1) is 26.5. The summed E-state index contributed by atoms with van der Waals surface area (Å²) in [5, 5.41) is 6.90. The highest BCUT2D eigenvalue weighted by Gasteiger charge is 2.27. The van der Waals surface area contributed by atoms with Crippen molar-refractivity contribution in [3.05, 3.63) is 65.2 Å². The molecule has 2 fully saturated rings. The summed E-state index contributed by atoms with van der Waals surface area (Å²) in [6.07, 6.45) is 3.95. The molecule has 0 radical (unpaired) electrons. The normalized spacial score (nSPS) is 20.7. The second kappa shape index (κ2) is 13.1. The van der Waals surface area contributed by atoms with E-state index in [1.165, 1.54) is 11.1 Å². The third-order valence-electron chi connectivity index (χ3n) is 6.47. The quantitative estimate of drug-likeness (QED) is 0.278. The molecule has 0 spiro atoms. The van der Waals surface area contributed by atoms with Crippen LogP contribution in [0.1, 0.15) is 55.4 Å². The van der Waals surface area contributed by atoms with Gasteiger partial charge in [-0.25, -0.2) is 4.99 Å². The molecule has 4 rings (SSSR count). The fourth-order valence-corrected chi connectivity index (χ4v) is 4.62. The molecule has 2 aromatic carbocycles. The van der Waals surface area contributed by atoms with Crippen molar-refractivity contribution in [3.8, 4) is 0 Å². The van der Waals surface area contributed by atoms with E-state index >= 15 is 0 Å². The summed E-state index contributed by atoms with van der Waals surface area (Å²) in [5.41, 5.74) is 4.63. The van der Waals surface area contributed by atoms with Crippen molar-refractivity contribution in [2.24, 2.45) is 10.9 Å². The molecule has 0 bridgehead atoms. The van der Waals surface area contributed by atoms with Crippen molar-refractivity contribution in [1.29, 1.82) is 0 Å². The van der Waals surface area contributed by atoms with E-state index in [1.807, 2.05) is 17.0 Å². The fraction of sp³-hybridized carbons (Fsp3) is 0.481. The fourth-order valence-electron chi connectivity index (χ4n) is 4.62. The van der Waals surface area contributed by atoms with Gasteiger partial charge in [-0.15, -0.1) is 24.0 Å². The van der Waals surface area contributed by atoms with E-state index in [0.29, 0.717) is 18.9 Å². The smallest absolute Gasteiger partial charge is 0.227 e. The SMILES string of the molecule is CCNC(=NCc1ccc(N2CCCC2=O)cc1)NCC1CCCOC1c1ccc(C)cc1.I. The Kier molecular flexibility index (Phi) is 10.2. The Bertz CT molecular complexity index is 946. The minimum Gasteiger partial charge on any atom is -0.373 e. The summed E-state index contributed by atoms with van der Waals surface area (Å²) in [4.78, 5) is 18.6. The number of benzene rings is 2. The summed E-state index contributed by atoms with van der Waals surface area (Å²) in [7, 11) is 0. The number of guanidine groups is 1. The minimum atomic E-state index is 0. The lowest BCUT2D eigenvalue weighted by Crippen LogP contribution is -2.42. The highest BCUT2D eigenvalue weighted by molar-refractivity contribution is 14.0. The number of hydrogen-bond donors (Lipinski definition) is 2. The Labute approximate surface area is 220 Å². The van der Waals surface area contributed by atoms with E-state index in [4.69, 9.17) is 9.73 Å². The van der Waals surface area contributed by atoms with Crippen molar-refractivity contribution in [3.63, 3.8) is 0 Å². The largest absolute Gasteiger partial charge is 0.373 e. The number of carbonyl (C=O) groups excluding carboxylic acids is 1. The molecule has 2 saturated heterocycles. The molecule has 0 saturated carbocycles. The van der Waals surface area contributed by atoms with Crippen LogP contribution in [0.25, 0.3) is 0 Å². The van der Waals surface area contributed by atoms with Gasteiger partial charge in [-0.1, -0.05) is 42.0 Å². The summed E-state index contributed by atoms with van der Waals surface area (Å²) in [6.45, 7) is 8.06. The van der Waals surface area contributed by atoms with Gasteiger partial charge in [0.15, 0.2) is 5.96 Å². The molecular weight excluding hydrogens is 539 g/mol. The number of anilines is 1. The molecule has 34 heavy (non-hydrogen) atoms. The van der Waals surface area contributed by atoms with Gasteiger partial charge < -0.3 is 20.3 Å². The molecule has 2 aromatic rings. The van der Waals surface area contributed by atoms with E-state index < -0.39 is 0 Å². The van der Waals surface area contributed by atoms with Gasteiger partial charge in [0.05, 0.1) is 12.6 Å². The number of rotatable bonds is 7. The first-order valence-corrected chi connectivity index (χ1v) is 12.2. The zero-order valence-electron chi connectivity index (χ0n) is 20.3. The van der Waals surface area contributed by atoms with Crippen LogP contribution in [-0.4, -0.2) is 38.1 Å². The van der Waals surface area contributed by atoms with Gasteiger partial charge in [0.1, 0.15) is 0 Å². The molecule has 2 aliphatic rings. The lowest BCUT2D eigenvalue weighted by molar-refractivity contribution is -0.117. The summed E-state index contributed by atoms with van der Waals surface area (Å²) < 4.78 is 6.17. The third kappa shape index (κ3) is 6.95. The molecule has 2 N–H and O–H groups in total. The molecule has 6 nitrogen and oxygen atoms in total. The van der Waals surface area contributed by atoms with Crippen LogP contribution in [0.3, 0.4) is 0 Å². The molecule has 2 atom stereocenters. The highest BCUT2D eigenvalue weighted by atomic mass is 127. The van der Waals surface area contributed by atoms with Gasteiger partial charge in [0, 0.05) is 44.3 Å². The van der Waals surface area contributed by atoms with E-state index in [-0.39, 0.29) is 36.0 Å². The molecule has 1 amide bonds. The summed E-state index contributed by atoms with van der Waals surface area (Å²) >= 11 is 0. The molecular formula is C27H37IN4O2. The van der Waals surface area contributed by atoms with Gasteiger partial charge in [-0.2, -0.15) is 0 Å². The predicted octanol–water partition coefficient (Wildman–Crippen LogP) is 4.96. The van der Waals surface area contributed by atoms with Crippen molar-refractivity contribution in [2.45, 2.75) is 52.2 Å². The summed E-state index contributed by atoms with van der Waals surface area (Å²) in [6, 6.07) is 16.9. The molecule has 2 aliphatic heterocycles. The van der Waals surface area contributed by atoms with Gasteiger partial charge >= 0.3 is 0 Å². The van der Waals surface area contributed by atoms with E-state index in [1.54, 1.807) is 0 Å². The van der Waals surface area contributed by atoms with Crippen LogP contribution in [-0.2, 0) is 16.1 Å². The number of carbonyl (C=O) groups is 1. The van der Waals surface area contributed by atoms with E-state index in [0.717, 1.165) is 62.7 Å². The van der Waals surface area contributed by atoms with Crippen LogP contribution < -0.4 is 15.5 Å². The average Bonchev–Trinajstić information content (AvgIpc) is 3.28. The maximum Gasteiger partial charge on any atom is 0.227 e. The van der Waals surface area contributed by atoms with Crippen LogP contribution in [0, 0.1) is 12.8 Å².